The first-order chi connectivity index (χ1) is 7.49. The maximum absolute atomic E-state index is 12.2. The van der Waals surface area contributed by atoms with Gasteiger partial charge in [0.25, 0.3) is 0 Å². The summed E-state index contributed by atoms with van der Waals surface area (Å²) in [6.07, 6.45) is -1.55. The smallest absolute Gasteiger partial charge is 0.325 e. The standard InChI is InChI=1S/C9H9F3N4/c10-9(11,12)5-16-8-4-14-7(2-13)1-6(8)3-15-16/h1,3-4H,2,5,13H2. The van der Waals surface area contributed by atoms with Crippen molar-refractivity contribution in [1.82, 2.24) is 14.8 Å². The fraction of sp³-hybridized carbons (Fsp3) is 0.333. The molecular formula is C9H9F3N4. The molecule has 86 valence electrons. The molecule has 2 N–H and O–H groups in total. The number of rotatable bonds is 2. The van der Waals surface area contributed by atoms with Crippen molar-refractivity contribution < 1.29 is 13.2 Å². The lowest BCUT2D eigenvalue weighted by Gasteiger charge is -2.07. The first kappa shape index (κ1) is 10.9. The average molecular weight is 230 g/mol. The molecule has 0 atom stereocenters. The Morgan fingerprint density at radius 1 is 1.31 bits per heavy atom. The van der Waals surface area contributed by atoms with Gasteiger partial charge in [0.05, 0.1) is 23.6 Å². The van der Waals surface area contributed by atoms with Crippen molar-refractivity contribution in [3.05, 3.63) is 24.2 Å². The molecule has 0 spiro atoms. The van der Waals surface area contributed by atoms with Gasteiger partial charge in [-0.25, -0.2) is 0 Å². The molecule has 2 heterocycles. The lowest BCUT2D eigenvalue weighted by atomic mass is 10.3. The van der Waals surface area contributed by atoms with E-state index in [0.29, 0.717) is 16.6 Å². The van der Waals surface area contributed by atoms with E-state index in [1.807, 2.05) is 0 Å². The van der Waals surface area contributed by atoms with Crippen LogP contribution in [0.4, 0.5) is 13.2 Å². The highest BCUT2D eigenvalue weighted by Gasteiger charge is 2.29. The van der Waals surface area contributed by atoms with Gasteiger partial charge in [-0.05, 0) is 6.07 Å². The van der Waals surface area contributed by atoms with Crippen molar-refractivity contribution in [3.63, 3.8) is 0 Å². The topological polar surface area (TPSA) is 56.7 Å². The molecule has 2 aromatic rings. The minimum Gasteiger partial charge on any atom is -0.325 e. The van der Waals surface area contributed by atoms with Gasteiger partial charge in [-0.1, -0.05) is 0 Å². The van der Waals surface area contributed by atoms with Crippen LogP contribution in [0.1, 0.15) is 5.69 Å². The summed E-state index contributed by atoms with van der Waals surface area (Å²) < 4.78 is 37.5. The number of fused-ring (bicyclic) bond motifs is 1. The van der Waals surface area contributed by atoms with Crippen molar-refractivity contribution in [3.8, 4) is 0 Å². The Hall–Kier alpha value is -1.63. The summed E-state index contributed by atoms with van der Waals surface area (Å²) in [5.74, 6) is 0. The van der Waals surface area contributed by atoms with Gasteiger partial charge in [0.1, 0.15) is 6.54 Å². The number of nitrogens with zero attached hydrogens (tertiary/aromatic N) is 3. The van der Waals surface area contributed by atoms with Crippen LogP contribution in [-0.2, 0) is 13.1 Å². The van der Waals surface area contributed by atoms with E-state index in [0.717, 1.165) is 4.68 Å². The Morgan fingerprint density at radius 2 is 2.06 bits per heavy atom. The van der Waals surface area contributed by atoms with E-state index in [4.69, 9.17) is 5.73 Å². The fourth-order valence-electron chi connectivity index (χ4n) is 1.43. The maximum Gasteiger partial charge on any atom is 0.408 e. The number of alkyl halides is 3. The molecule has 2 aromatic heterocycles. The summed E-state index contributed by atoms with van der Waals surface area (Å²) in [4.78, 5) is 3.94. The molecule has 0 saturated heterocycles. The van der Waals surface area contributed by atoms with Crippen LogP contribution in [0.25, 0.3) is 10.9 Å². The van der Waals surface area contributed by atoms with Crippen LogP contribution in [0.3, 0.4) is 0 Å². The minimum absolute atomic E-state index is 0.250. The predicted octanol–water partition coefficient (Wildman–Crippen LogP) is 1.45. The zero-order valence-corrected chi connectivity index (χ0v) is 8.20. The first-order valence-corrected chi connectivity index (χ1v) is 4.57. The fourth-order valence-corrected chi connectivity index (χ4v) is 1.43. The Morgan fingerprint density at radius 3 is 2.69 bits per heavy atom. The van der Waals surface area contributed by atoms with Crippen LogP contribution >= 0.6 is 0 Å². The molecule has 0 unspecified atom stereocenters. The molecule has 0 aliphatic carbocycles. The minimum atomic E-state index is -4.29. The van der Waals surface area contributed by atoms with Crippen molar-refractivity contribution in [1.29, 1.82) is 0 Å². The quantitative estimate of drug-likeness (QED) is 0.849. The first-order valence-electron chi connectivity index (χ1n) is 4.57. The monoisotopic (exact) mass is 230 g/mol. The lowest BCUT2D eigenvalue weighted by Crippen LogP contribution is -2.18. The number of hydrogen-bond acceptors (Lipinski definition) is 3. The zero-order valence-electron chi connectivity index (χ0n) is 8.20. The normalized spacial score (nSPS) is 12.2. The number of halogens is 3. The summed E-state index contributed by atoms with van der Waals surface area (Å²) >= 11 is 0. The van der Waals surface area contributed by atoms with Crippen molar-refractivity contribution in [2.24, 2.45) is 5.73 Å². The van der Waals surface area contributed by atoms with E-state index in [2.05, 4.69) is 10.1 Å². The third kappa shape index (κ3) is 2.13. The Bertz CT molecular complexity index is 503. The average Bonchev–Trinajstić information content (AvgIpc) is 2.58. The number of nitrogens with two attached hydrogens (primary N) is 1. The lowest BCUT2D eigenvalue weighted by molar-refractivity contribution is -0.141. The molecule has 0 saturated carbocycles. The molecule has 0 aromatic carbocycles. The van der Waals surface area contributed by atoms with Crippen LogP contribution < -0.4 is 5.73 Å². The summed E-state index contributed by atoms with van der Waals surface area (Å²) in [6.45, 7) is -0.861. The predicted molar refractivity (Wildman–Crippen MR) is 51.5 cm³/mol. The van der Waals surface area contributed by atoms with E-state index in [-0.39, 0.29) is 6.54 Å². The molecule has 2 rings (SSSR count). The van der Waals surface area contributed by atoms with Gasteiger partial charge < -0.3 is 5.73 Å². The van der Waals surface area contributed by atoms with Crippen molar-refractivity contribution in [2.75, 3.05) is 0 Å². The summed E-state index contributed by atoms with van der Waals surface area (Å²) in [5, 5.41) is 4.28. The zero-order chi connectivity index (χ0) is 11.8. The summed E-state index contributed by atoms with van der Waals surface area (Å²) in [5.41, 5.74) is 6.36. The maximum atomic E-state index is 12.2. The molecule has 0 aliphatic heterocycles. The van der Waals surface area contributed by atoms with Gasteiger partial charge in [0.15, 0.2) is 0 Å². The molecule has 16 heavy (non-hydrogen) atoms. The molecular weight excluding hydrogens is 221 g/mol. The van der Waals surface area contributed by atoms with Crippen LogP contribution in [0.2, 0.25) is 0 Å². The van der Waals surface area contributed by atoms with Gasteiger partial charge in [0.2, 0.25) is 0 Å². The van der Waals surface area contributed by atoms with Crippen molar-refractivity contribution in [2.45, 2.75) is 19.3 Å². The van der Waals surface area contributed by atoms with Crippen molar-refractivity contribution >= 4 is 10.9 Å². The molecule has 0 aliphatic rings. The number of pyridine rings is 1. The molecule has 0 bridgehead atoms. The van der Waals surface area contributed by atoms with Crippen LogP contribution in [0, 0.1) is 0 Å². The second-order valence-corrected chi connectivity index (χ2v) is 3.36. The van der Waals surface area contributed by atoms with Crippen LogP contribution in [0.5, 0.6) is 0 Å². The molecule has 7 heteroatoms. The van der Waals surface area contributed by atoms with E-state index in [9.17, 15) is 13.2 Å². The third-order valence-electron chi connectivity index (χ3n) is 2.12. The highest BCUT2D eigenvalue weighted by molar-refractivity contribution is 5.77. The summed E-state index contributed by atoms with van der Waals surface area (Å²) in [7, 11) is 0. The Labute approximate surface area is 88.9 Å². The largest absolute Gasteiger partial charge is 0.408 e. The highest BCUT2D eigenvalue weighted by atomic mass is 19.4. The van der Waals surface area contributed by atoms with E-state index in [1.165, 1.54) is 12.4 Å². The van der Waals surface area contributed by atoms with Crippen LogP contribution in [-0.4, -0.2) is 20.9 Å². The van der Waals surface area contributed by atoms with Gasteiger partial charge in [-0.15, -0.1) is 0 Å². The van der Waals surface area contributed by atoms with Gasteiger partial charge in [0, 0.05) is 11.9 Å². The van der Waals surface area contributed by atoms with E-state index >= 15 is 0 Å². The second-order valence-electron chi connectivity index (χ2n) is 3.36. The molecule has 4 nitrogen and oxygen atoms in total. The van der Waals surface area contributed by atoms with Gasteiger partial charge in [-0.3, -0.25) is 9.67 Å². The molecule has 0 fully saturated rings. The third-order valence-corrected chi connectivity index (χ3v) is 2.12. The Balaban J connectivity index is 2.42. The van der Waals surface area contributed by atoms with Gasteiger partial charge >= 0.3 is 6.18 Å². The SMILES string of the molecule is NCc1cc2cnn(CC(F)(F)F)c2cn1. The van der Waals surface area contributed by atoms with E-state index in [1.54, 1.807) is 6.07 Å². The highest BCUT2D eigenvalue weighted by Crippen LogP contribution is 2.21. The Kier molecular flexibility index (Phi) is 2.55. The summed E-state index contributed by atoms with van der Waals surface area (Å²) in [6, 6.07) is 1.63. The van der Waals surface area contributed by atoms with Crippen LogP contribution in [0.15, 0.2) is 18.5 Å². The number of aromatic nitrogens is 3. The molecule has 0 radical (unpaired) electrons. The second kappa shape index (κ2) is 3.75. The van der Waals surface area contributed by atoms with E-state index < -0.39 is 12.7 Å². The van der Waals surface area contributed by atoms with Gasteiger partial charge in [-0.2, -0.15) is 18.3 Å². The molecule has 0 amide bonds. The number of hydrogen-bond donors (Lipinski definition) is 1.